The van der Waals surface area contributed by atoms with Gasteiger partial charge in [0.1, 0.15) is 17.2 Å². The average Bonchev–Trinajstić information content (AvgIpc) is 3.33. The number of piperidine rings is 1. The summed E-state index contributed by atoms with van der Waals surface area (Å²) in [7, 11) is 0. The number of hydrogen-bond donors (Lipinski definition) is 2. The first-order valence-electron chi connectivity index (χ1n) is 12.4. The SMILES string of the molecule is CC(NC1CCc2cc(F)cc(F)c2C1)C(=O)Nc1cn(C(C)(C)C(=O)N2CCCC(C#N)C2)cn1. The summed E-state index contributed by atoms with van der Waals surface area (Å²) in [6.07, 6.45) is 6.32. The summed E-state index contributed by atoms with van der Waals surface area (Å²) in [5.74, 6) is -1.36. The van der Waals surface area contributed by atoms with Gasteiger partial charge in [-0.1, -0.05) is 0 Å². The van der Waals surface area contributed by atoms with Crippen molar-refractivity contribution in [3.05, 3.63) is 47.4 Å². The van der Waals surface area contributed by atoms with E-state index in [1.54, 1.807) is 36.4 Å². The molecule has 2 N–H and O–H groups in total. The third-order valence-corrected chi connectivity index (χ3v) is 7.24. The van der Waals surface area contributed by atoms with Crippen LogP contribution in [0.1, 0.15) is 51.2 Å². The van der Waals surface area contributed by atoms with Crippen LogP contribution in [0.5, 0.6) is 0 Å². The van der Waals surface area contributed by atoms with E-state index in [2.05, 4.69) is 21.7 Å². The van der Waals surface area contributed by atoms with Gasteiger partial charge in [-0.3, -0.25) is 9.59 Å². The number of aromatic nitrogens is 2. The maximum Gasteiger partial charge on any atom is 0.248 e. The van der Waals surface area contributed by atoms with E-state index in [-0.39, 0.29) is 23.8 Å². The summed E-state index contributed by atoms with van der Waals surface area (Å²) in [5, 5.41) is 15.2. The number of imidazole rings is 1. The van der Waals surface area contributed by atoms with Crippen molar-refractivity contribution in [3.8, 4) is 6.07 Å². The largest absolute Gasteiger partial charge is 0.339 e. The van der Waals surface area contributed by atoms with Gasteiger partial charge < -0.3 is 20.1 Å². The number of amides is 2. The Morgan fingerprint density at radius 3 is 2.81 bits per heavy atom. The van der Waals surface area contributed by atoms with E-state index in [0.29, 0.717) is 49.3 Å². The second kappa shape index (κ2) is 10.3. The first-order valence-corrected chi connectivity index (χ1v) is 12.4. The molecule has 2 aliphatic rings. The Labute approximate surface area is 209 Å². The maximum absolute atomic E-state index is 14.2. The lowest BCUT2D eigenvalue weighted by Crippen LogP contribution is -2.50. The minimum Gasteiger partial charge on any atom is -0.339 e. The van der Waals surface area contributed by atoms with Gasteiger partial charge in [0, 0.05) is 31.4 Å². The number of hydrogen-bond acceptors (Lipinski definition) is 5. The molecule has 1 aromatic heterocycles. The molecular formula is C26H32F2N6O2. The Hall–Kier alpha value is -3.32. The summed E-state index contributed by atoms with van der Waals surface area (Å²) in [4.78, 5) is 32.0. The van der Waals surface area contributed by atoms with Crippen LogP contribution >= 0.6 is 0 Å². The third-order valence-electron chi connectivity index (χ3n) is 7.24. The van der Waals surface area contributed by atoms with Crippen molar-refractivity contribution >= 4 is 17.6 Å². The van der Waals surface area contributed by atoms with Gasteiger partial charge in [0.15, 0.2) is 5.82 Å². The number of benzene rings is 1. The molecule has 3 unspecified atom stereocenters. The van der Waals surface area contributed by atoms with Crippen molar-refractivity contribution in [2.45, 2.75) is 70.5 Å². The monoisotopic (exact) mass is 498 g/mol. The number of carbonyl (C=O) groups excluding carboxylic acids is 2. The number of anilines is 1. The van der Waals surface area contributed by atoms with Gasteiger partial charge in [0.2, 0.25) is 11.8 Å². The second-order valence-electron chi connectivity index (χ2n) is 10.3. The summed E-state index contributed by atoms with van der Waals surface area (Å²) in [6, 6.07) is 3.84. The lowest BCUT2D eigenvalue weighted by atomic mass is 9.87. The molecule has 3 atom stereocenters. The minimum atomic E-state index is -0.934. The van der Waals surface area contributed by atoms with E-state index < -0.39 is 23.2 Å². The first kappa shape index (κ1) is 25.8. The molecule has 2 aromatic rings. The highest BCUT2D eigenvalue weighted by Crippen LogP contribution is 2.26. The van der Waals surface area contributed by atoms with Crippen molar-refractivity contribution in [2.75, 3.05) is 18.4 Å². The molecule has 1 aromatic carbocycles. The van der Waals surface area contributed by atoms with E-state index in [0.717, 1.165) is 18.9 Å². The van der Waals surface area contributed by atoms with Gasteiger partial charge in [-0.15, -0.1) is 0 Å². The number of rotatable bonds is 6. The molecule has 1 aliphatic carbocycles. The molecule has 1 fully saturated rings. The number of fused-ring (bicyclic) bond motifs is 1. The van der Waals surface area contributed by atoms with Gasteiger partial charge in [-0.25, -0.2) is 13.8 Å². The predicted molar refractivity (Wildman–Crippen MR) is 130 cm³/mol. The second-order valence-corrected chi connectivity index (χ2v) is 10.3. The van der Waals surface area contributed by atoms with Crippen molar-refractivity contribution in [1.82, 2.24) is 19.8 Å². The van der Waals surface area contributed by atoms with E-state index in [4.69, 9.17) is 0 Å². The molecule has 0 bridgehead atoms. The predicted octanol–water partition coefficient (Wildman–Crippen LogP) is 3.13. The van der Waals surface area contributed by atoms with Crippen LogP contribution in [0.15, 0.2) is 24.7 Å². The van der Waals surface area contributed by atoms with Crippen molar-refractivity contribution in [3.63, 3.8) is 0 Å². The number of halogens is 2. The Kier molecular flexibility index (Phi) is 7.41. The quantitative estimate of drug-likeness (QED) is 0.637. The van der Waals surface area contributed by atoms with Gasteiger partial charge in [-0.05, 0) is 70.1 Å². The fourth-order valence-electron chi connectivity index (χ4n) is 5.05. The molecule has 1 saturated heterocycles. The fraction of sp³-hybridized carbons (Fsp3) is 0.538. The molecule has 192 valence electrons. The first-order chi connectivity index (χ1) is 17.1. The standard InChI is InChI=1S/C26H32F2N6O2/c1-16(31-20-7-6-18-9-19(27)10-22(28)21(18)11-20)24(35)32-23-14-34(15-30-23)26(2,3)25(36)33-8-4-5-17(12-29)13-33/h9-10,14-17,20,31H,4-8,11,13H2,1-3H3,(H,32,35). The molecule has 1 aliphatic heterocycles. The van der Waals surface area contributed by atoms with Crippen LogP contribution in [0, 0.1) is 28.9 Å². The van der Waals surface area contributed by atoms with Crippen molar-refractivity contribution < 1.29 is 18.4 Å². The molecule has 36 heavy (non-hydrogen) atoms. The molecule has 0 saturated carbocycles. The van der Waals surface area contributed by atoms with Crippen molar-refractivity contribution in [1.29, 1.82) is 5.26 Å². The molecular weight excluding hydrogens is 466 g/mol. The molecule has 2 heterocycles. The molecule has 8 nitrogen and oxygen atoms in total. The fourth-order valence-corrected chi connectivity index (χ4v) is 5.05. The molecule has 4 rings (SSSR count). The number of nitriles is 1. The van der Waals surface area contributed by atoms with Gasteiger partial charge >= 0.3 is 0 Å². The normalized spacial score (nSPS) is 20.8. The minimum absolute atomic E-state index is 0.0996. The highest BCUT2D eigenvalue weighted by atomic mass is 19.1. The van der Waals surface area contributed by atoms with Gasteiger partial charge in [0.05, 0.1) is 24.4 Å². The Morgan fingerprint density at radius 1 is 1.28 bits per heavy atom. The van der Waals surface area contributed by atoms with Gasteiger partial charge in [0.25, 0.3) is 0 Å². The van der Waals surface area contributed by atoms with E-state index in [1.807, 2.05) is 0 Å². The lowest BCUT2D eigenvalue weighted by Gasteiger charge is -2.36. The van der Waals surface area contributed by atoms with Crippen LogP contribution in [0.4, 0.5) is 14.6 Å². The number of carbonyl (C=O) groups is 2. The van der Waals surface area contributed by atoms with E-state index >= 15 is 0 Å². The number of nitrogens with one attached hydrogen (secondary N) is 2. The van der Waals surface area contributed by atoms with Crippen LogP contribution in [0.25, 0.3) is 0 Å². The Morgan fingerprint density at radius 2 is 2.06 bits per heavy atom. The molecule has 10 heteroatoms. The van der Waals surface area contributed by atoms with E-state index in [9.17, 15) is 23.6 Å². The molecule has 2 amide bonds. The smallest absolute Gasteiger partial charge is 0.248 e. The van der Waals surface area contributed by atoms with Crippen LogP contribution in [-0.2, 0) is 28.0 Å². The summed E-state index contributed by atoms with van der Waals surface area (Å²) >= 11 is 0. The Balaban J connectivity index is 1.35. The topological polar surface area (TPSA) is 103 Å². The lowest BCUT2D eigenvalue weighted by molar-refractivity contribution is -0.140. The van der Waals surface area contributed by atoms with Crippen LogP contribution in [-0.4, -0.2) is 51.4 Å². The van der Waals surface area contributed by atoms with Gasteiger partial charge in [-0.2, -0.15) is 5.26 Å². The van der Waals surface area contributed by atoms with Crippen LogP contribution in [0.3, 0.4) is 0 Å². The summed E-state index contributed by atoms with van der Waals surface area (Å²) in [6.45, 7) is 6.33. The van der Waals surface area contributed by atoms with Crippen LogP contribution in [0.2, 0.25) is 0 Å². The summed E-state index contributed by atoms with van der Waals surface area (Å²) in [5.41, 5.74) is 0.238. The zero-order valence-corrected chi connectivity index (χ0v) is 20.9. The zero-order valence-electron chi connectivity index (χ0n) is 20.9. The highest BCUT2D eigenvalue weighted by molar-refractivity contribution is 5.93. The molecule has 0 spiro atoms. The third kappa shape index (κ3) is 5.41. The maximum atomic E-state index is 14.2. The highest BCUT2D eigenvalue weighted by Gasteiger charge is 2.36. The van der Waals surface area contributed by atoms with E-state index in [1.165, 1.54) is 12.4 Å². The zero-order chi connectivity index (χ0) is 26.0. The summed E-state index contributed by atoms with van der Waals surface area (Å²) < 4.78 is 29.3. The number of likely N-dealkylation sites (tertiary alicyclic amines) is 1. The van der Waals surface area contributed by atoms with Crippen LogP contribution < -0.4 is 10.6 Å². The average molecular weight is 499 g/mol. The number of aryl methyl sites for hydroxylation is 1. The molecule has 0 radical (unpaired) electrons. The Bertz CT molecular complexity index is 1190. The van der Waals surface area contributed by atoms with Crippen molar-refractivity contribution in [2.24, 2.45) is 5.92 Å². The number of nitrogens with zero attached hydrogens (tertiary/aromatic N) is 4.